The van der Waals surface area contributed by atoms with E-state index in [1.54, 1.807) is 11.3 Å². The quantitative estimate of drug-likeness (QED) is 0.827. The molecule has 1 amide bonds. The highest BCUT2D eigenvalue weighted by molar-refractivity contribution is 7.10. The first-order valence-corrected chi connectivity index (χ1v) is 8.17. The second-order valence-electron chi connectivity index (χ2n) is 5.44. The van der Waals surface area contributed by atoms with Crippen molar-refractivity contribution in [1.82, 2.24) is 10.2 Å². The summed E-state index contributed by atoms with van der Waals surface area (Å²) in [7, 11) is 4.06. The minimum absolute atomic E-state index is 0.0211. The molecule has 1 atom stereocenters. The maximum absolute atomic E-state index is 12.2. The standard InChI is InChI=1S/C18H22N2OS/c1-14(12-15-8-5-4-6-9-15)18(21)19-13-16(20(2)3)17-10-7-11-22-17/h4-12,16H,13H2,1-3H3,(H,19,21)/b14-12+. The highest BCUT2D eigenvalue weighted by Crippen LogP contribution is 2.22. The van der Waals surface area contributed by atoms with Gasteiger partial charge in [0.2, 0.25) is 5.91 Å². The van der Waals surface area contributed by atoms with Gasteiger partial charge in [0, 0.05) is 17.0 Å². The Kier molecular flexibility index (Phi) is 5.92. The molecule has 0 saturated heterocycles. The normalized spacial score (nSPS) is 13.2. The summed E-state index contributed by atoms with van der Waals surface area (Å²) in [5, 5.41) is 5.09. The van der Waals surface area contributed by atoms with Gasteiger partial charge in [0.15, 0.2) is 0 Å². The van der Waals surface area contributed by atoms with Gasteiger partial charge in [-0.1, -0.05) is 36.4 Å². The lowest BCUT2D eigenvalue weighted by atomic mass is 10.1. The van der Waals surface area contributed by atoms with Crippen LogP contribution in [0.2, 0.25) is 0 Å². The summed E-state index contributed by atoms with van der Waals surface area (Å²) in [4.78, 5) is 15.6. The monoisotopic (exact) mass is 314 g/mol. The molecular formula is C18H22N2OS. The summed E-state index contributed by atoms with van der Waals surface area (Å²) in [5.41, 5.74) is 1.76. The number of nitrogens with zero attached hydrogens (tertiary/aromatic N) is 1. The van der Waals surface area contributed by atoms with Crippen LogP contribution < -0.4 is 5.32 Å². The van der Waals surface area contributed by atoms with Gasteiger partial charge in [-0.2, -0.15) is 0 Å². The molecule has 0 aliphatic heterocycles. The topological polar surface area (TPSA) is 32.3 Å². The molecule has 4 heteroatoms. The Morgan fingerprint density at radius 1 is 1.23 bits per heavy atom. The zero-order valence-corrected chi connectivity index (χ0v) is 14.1. The molecule has 2 rings (SSSR count). The highest BCUT2D eigenvalue weighted by atomic mass is 32.1. The highest BCUT2D eigenvalue weighted by Gasteiger charge is 2.16. The molecule has 3 nitrogen and oxygen atoms in total. The van der Waals surface area contributed by atoms with Crippen molar-refractivity contribution in [3.63, 3.8) is 0 Å². The summed E-state index contributed by atoms with van der Waals surface area (Å²) in [6.07, 6.45) is 1.91. The van der Waals surface area contributed by atoms with Crippen LogP contribution in [-0.2, 0) is 4.79 Å². The molecule has 0 aliphatic rings. The SMILES string of the molecule is C/C(=C\c1ccccc1)C(=O)NCC(c1cccs1)N(C)C. The van der Waals surface area contributed by atoms with E-state index in [-0.39, 0.29) is 11.9 Å². The first kappa shape index (κ1) is 16.5. The van der Waals surface area contributed by atoms with Crippen molar-refractivity contribution < 1.29 is 4.79 Å². The maximum atomic E-state index is 12.2. The van der Waals surface area contributed by atoms with Gasteiger partial charge in [-0.25, -0.2) is 0 Å². The molecule has 22 heavy (non-hydrogen) atoms. The molecular weight excluding hydrogens is 292 g/mol. The number of likely N-dealkylation sites (N-methyl/N-ethyl adjacent to an activating group) is 1. The molecule has 1 aromatic carbocycles. The van der Waals surface area contributed by atoms with Crippen LogP contribution in [0.25, 0.3) is 6.08 Å². The van der Waals surface area contributed by atoms with Crippen LogP contribution in [0.5, 0.6) is 0 Å². The molecule has 0 bridgehead atoms. The third-order valence-corrected chi connectivity index (χ3v) is 4.47. The fourth-order valence-corrected chi connectivity index (χ4v) is 3.13. The van der Waals surface area contributed by atoms with Crippen molar-refractivity contribution in [2.75, 3.05) is 20.6 Å². The number of hydrogen-bond acceptors (Lipinski definition) is 3. The van der Waals surface area contributed by atoms with Gasteiger partial charge in [-0.15, -0.1) is 11.3 Å². The second-order valence-corrected chi connectivity index (χ2v) is 6.42. The number of thiophene rings is 1. The number of hydrogen-bond donors (Lipinski definition) is 1. The summed E-state index contributed by atoms with van der Waals surface area (Å²) >= 11 is 1.71. The van der Waals surface area contributed by atoms with Crippen molar-refractivity contribution >= 4 is 23.3 Å². The molecule has 1 aromatic heterocycles. The fraction of sp³-hybridized carbons (Fsp3) is 0.278. The molecule has 0 saturated carbocycles. The Labute approximate surface area is 136 Å². The fourth-order valence-electron chi connectivity index (χ4n) is 2.21. The van der Waals surface area contributed by atoms with E-state index in [9.17, 15) is 4.79 Å². The Morgan fingerprint density at radius 3 is 2.55 bits per heavy atom. The van der Waals surface area contributed by atoms with Gasteiger partial charge in [-0.3, -0.25) is 4.79 Å². The van der Waals surface area contributed by atoms with Gasteiger partial charge in [0.05, 0.1) is 6.04 Å². The van der Waals surface area contributed by atoms with Gasteiger partial charge >= 0.3 is 0 Å². The molecule has 0 radical (unpaired) electrons. The molecule has 1 N–H and O–H groups in total. The van der Waals surface area contributed by atoms with Crippen LogP contribution in [0.3, 0.4) is 0 Å². The van der Waals surface area contributed by atoms with Crippen molar-refractivity contribution in [2.24, 2.45) is 0 Å². The number of rotatable bonds is 6. The maximum Gasteiger partial charge on any atom is 0.247 e. The lowest BCUT2D eigenvalue weighted by molar-refractivity contribution is -0.117. The smallest absolute Gasteiger partial charge is 0.247 e. The average Bonchev–Trinajstić information content (AvgIpc) is 3.02. The van der Waals surface area contributed by atoms with E-state index < -0.39 is 0 Å². The molecule has 1 unspecified atom stereocenters. The molecule has 0 aliphatic carbocycles. The van der Waals surface area contributed by atoms with Crippen molar-refractivity contribution in [3.8, 4) is 0 Å². The predicted molar refractivity (Wildman–Crippen MR) is 93.8 cm³/mol. The zero-order valence-electron chi connectivity index (χ0n) is 13.2. The van der Waals surface area contributed by atoms with Crippen molar-refractivity contribution in [2.45, 2.75) is 13.0 Å². The van der Waals surface area contributed by atoms with Crippen LogP contribution in [-0.4, -0.2) is 31.4 Å². The van der Waals surface area contributed by atoms with Crippen LogP contribution >= 0.6 is 11.3 Å². The van der Waals surface area contributed by atoms with Crippen LogP contribution in [0.4, 0.5) is 0 Å². The zero-order chi connectivity index (χ0) is 15.9. The van der Waals surface area contributed by atoms with Crippen molar-refractivity contribution in [1.29, 1.82) is 0 Å². The minimum Gasteiger partial charge on any atom is -0.350 e. The third kappa shape index (κ3) is 4.55. The molecule has 0 spiro atoms. The number of benzene rings is 1. The summed E-state index contributed by atoms with van der Waals surface area (Å²) in [6.45, 7) is 2.45. The van der Waals surface area contributed by atoms with E-state index in [0.717, 1.165) is 11.1 Å². The first-order valence-electron chi connectivity index (χ1n) is 7.29. The largest absolute Gasteiger partial charge is 0.350 e. The van der Waals surface area contributed by atoms with Gasteiger partial charge < -0.3 is 10.2 Å². The van der Waals surface area contributed by atoms with E-state index in [0.29, 0.717) is 6.54 Å². The average molecular weight is 314 g/mol. The Morgan fingerprint density at radius 2 is 1.95 bits per heavy atom. The predicted octanol–water partition coefficient (Wildman–Crippen LogP) is 3.57. The number of carbonyl (C=O) groups excluding carboxylic acids is 1. The van der Waals surface area contributed by atoms with Gasteiger partial charge in [0.25, 0.3) is 0 Å². The molecule has 1 heterocycles. The van der Waals surface area contributed by atoms with Gasteiger partial charge in [0.1, 0.15) is 0 Å². The van der Waals surface area contributed by atoms with E-state index in [1.807, 2.05) is 63.5 Å². The molecule has 116 valence electrons. The lowest BCUT2D eigenvalue weighted by Crippen LogP contribution is -2.34. The summed E-state index contributed by atoms with van der Waals surface area (Å²) < 4.78 is 0. The summed E-state index contributed by atoms with van der Waals surface area (Å²) in [5.74, 6) is -0.0211. The third-order valence-electron chi connectivity index (χ3n) is 3.49. The lowest BCUT2D eigenvalue weighted by Gasteiger charge is -2.23. The Balaban J connectivity index is 1.98. The second kappa shape index (κ2) is 7.92. The summed E-state index contributed by atoms with van der Waals surface area (Å²) in [6, 6.07) is 14.2. The van der Waals surface area contributed by atoms with E-state index in [4.69, 9.17) is 0 Å². The number of nitrogens with one attached hydrogen (secondary N) is 1. The van der Waals surface area contributed by atoms with Crippen LogP contribution in [0.15, 0.2) is 53.4 Å². The van der Waals surface area contributed by atoms with E-state index in [1.165, 1.54) is 4.88 Å². The van der Waals surface area contributed by atoms with E-state index in [2.05, 4.69) is 21.7 Å². The van der Waals surface area contributed by atoms with Gasteiger partial charge in [-0.05, 0) is 44.1 Å². The number of carbonyl (C=O) groups is 1. The van der Waals surface area contributed by atoms with Crippen LogP contribution in [0, 0.1) is 0 Å². The minimum atomic E-state index is -0.0211. The Bertz CT molecular complexity index is 618. The van der Waals surface area contributed by atoms with Crippen molar-refractivity contribution in [3.05, 3.63) is 63.9 Å². The van der Waals surface area contributed by atoms with E-state index >= 15 is 0 Å². The number of amides is 1. The molecule has 2 aromatic rings. The molecule has 0 fully saturated rings. The first-order chi connectivity index (χ1) is 10.6. The Hall–Kier alpha value is -1.91. The van der Waals surface area contributed by atoms with Crippen LogP contribution in [0.1, 0.15) is 23.4 Å².